The van der Waals surface area contributed by atoms with E-state index in [9.17, 15) is 10.2 Å². The van der Waals surface area contributed by atoms with E-state index in [1.807, 2.05) is 6.92 Å². The first-order chi connectivity index (χ1) is 9.03. The number of aliphatic hydroxyl groups is 2. The Labute approximate surface area is 117 Å². The number of benzene rings is 1. The van der Waals surface area contributed by atoms with Crippen LogP contribution in [0.15, 0.2) is 18.2 Å². The average molecular weight is 264 g/mol. The van der Waals surface area contributed by atoms with E-state index in [0.717, 1.165) is 12.8 Å². The summed E-state index contributed by atoms with van der Waals surface area (Å²) in [7, 11) is 0. The molecule has 1 aromatic rings. The fourth-order valence-corrected chi connectivity index (χ4v) is 2.56. The maximum Gasteiger partial charge on any atom is 0.0804 e. The number of aryl methyl sites for hydroxylation is 2. The summed E-state index contributed by atoms with van der Waals surface area (Å²) in [6.07, 6.45) is 2.02. The van der Waals surface area contributed by atoms with Crippen molar-refractivity contribution in [3.8, 4) is 0 Å². The molecule has 0 aliphatic rings. The Morgan fingerprint density at radius 2 is 1.68 bits per heavy atom. The highest BCUT2D eigenvalue weighted by atomic mass is 16.3. The van der Waals surface area contributed by atoms with Crippen molar-refractivity contribution in [3.05, 3.63) is 34.9 Å². The highest BCUT2D eigenvalue weighted by Crippen LogP contribution is 2.27. The van der Waals surface area contributed by atoms with Crippen LogP contribution in [0.25, 0.3) is 0 Å². The molecule has 0 bridgehead atoms. The van der Waals surface area contributed by atoms with Crippen molar-refractivity contribution in [2.24, 2.45) is 0 Å². The quantitative estimate of drug-likeness (QED) is 0.792. The van der Waals surface area contributed by atoms with Crippen LogP contribution in [-0.4, -0.2) is 22.4 Å². The summed E-state index contributed by atoms with van der Waals surface area (Å²) >= 11 is 0. The second-order valence-corrected chi connectivity index (χ2v) is 5.42. The minimum Gasteiger partial charge on any atom is -0.390 e. The highest BCUT2D eigenvalue weighted by molar-refractivity contribution is 5.34. The first kappa shape index (κ1) is 16.2. The molecule has 0 aliphatic carbocycles. The van der Waals surface area contributed by atoms with E-state index in [1.54, 1.807) is 0 Å². The van der Waals surface area contributed by atoms with Gasteiger partial charge in [0, 0.05) is 0 Å². The molecule has 0 aromatic heterocycles. The molecule has 0 fully saturated rings. The fraction of sp³-hybridized carbons (Fsp3) is 0.647. The Kier molecular flexibility index (Phi) is 6.53. The van der Waals surface area contributed by atoms with Crippen molar-refractivity contribution in [2.45, 2.75) is 71.5 Å². The van der Waals surface area contributed by atoms with E-state index in [2.05, 4.69) is 39.0 Å². The van der Waals surface area contributed by atoms with E-state index in [0.29, 0.717) is 12.8 Å². The van der Waals surface area contributed by atoms with Crippen LogP contribution in [0, 0.1) is 0 Å². The van der Waals surface area contributed by atoms with Gasteiger partial charge in [-0.1, -0.05) is 45.9 Å². The molecule has 2 N–H and O–H groups in total. The van der Waals surface area contributed by atoms with Gasteiger partial charge in [-0.05, 0) is 48.3 Å². The third-order valence-corrected chi connectivity index (χ3v) is 3.99. The van der Waals surface area contributed by atoms with Gasteiger partial charge in [-0.25, -0.2) is 0 Å². The predicted octanol–water partition coefficient (Wildman–Crippen LogP) is 3.44. The molecule has 2 heteroatoms. The van der Waals surface area contributed by atoms with Crippen LogP contribution in [0.4, 0.5) is 0 Å². The third kappa shape index (κ3) is 4.32. The highest BCUT2D eigenvalue weighted by Gasteiger charge is 2.19. The standard InChI is InChI=1S/C17H28O2/c1-5-13-8-9-14(6-2)15(11-13)12(4)10-17(19)16(18)7-3/h8-9,11-12,16-19H,5-7,10H2,1-4H3. The summed E-state index contributed by atoms with van der Waals surface area (Å²) in [5, 5.41) is 19.7. The maximum absolute atomic E-state index is 9.99. The molecule has 108 valence electrons. The lowest BCUT2D eigenvalue weighted by Gasteiger charge is -2.22. The normalized spacial score (nSPS) is 16.1. The minimum absolute atomic E-state index is 0.276. The Morgan fingerprint density at radius 1 is 1.00 bits per heavy atom. The lowest BCUT2D eigenvalue weighted by atomic mass is 9.87. The molecular weight excluding hydrogens is 236 g/mol. The van der Waals surface area contributed by atoms with E-state index in [4.69, 9.17) is 0 Å². The van der Waals surface area contributed by atoms with Crippen LogP contribution in [0.3, 0.4) is 0 Å². The van der Waals surface area contributed by atoms with Crippen LogP contribution in [-0.2, 0) is 12.8 Å². The van der Waals surface area contributed by atoms with Gasteiger partial charge in [0.1, 0.15) is 0 Å². The summed E-state index contributed by atoms with van der Waals surface area (Å²) in [6, 6.07) is 6.65. The molecule has 3 unspecified atom stereocenters. The first-order valence-corrected chi connectivity index (χ1v) is 7.51. The Morgan fingerprint density at radius 3 is 2.21 bits per heavy atom. The van der Waals surface area contributed by atoms with Gasteiger partial charge in [0.25, 0.3) is 0 Å². The molecule has 0 saturated heterocycles. The van der Waals surface area contributed by atoms with Crippen molar-refractivity contribution in [1.29, 1.82) is 0 Å². The van der Waals surface area contributed by atoms with Gasteiger partial charge in [0.15, 0.2) is 0 Å². The van der Waals surface area contributed by atoms with E-state index in [-0.39, 0.29) is 5.92 Å². The van der Waals surface area contributed by atoms with Gasteiger partial charge in [0.2, 0.25) is 0 Å². The van der Waals surface area contributed by atoms with Crippen LogP contribution >= 0.6 is 0 Å². The van der Waals surface area contributed by atoms with Crippen LogP contribution < -0.4 is 0 Å². The topological polar surface area (TPSA) is 40.5 Å². The van der Waals surface area contributed by atoms with Crippen LogP contribution in [0.2, 0.25) is 0 Å². The zero-order chi connectivity index (χ0) is 14.4. The summed E-state index contributed by atoms with van der Waals surface area (Å²) in [6.45, 7) is 8.35. The summed E-state index contributed by atoms with van der Waals surface area (Å²) in [5.74, 6) is 0.276. The molecule has 0 amide bonds. The third-order valence-electron chi connectivity index (χ3n) is 3.99. The molecule has 0 radical (unpaired) electrons. The lowest BCUT2D eigenvalue weighted by molar-refractivity contribution is 0.00950. The average Bonchev–Trinajstić information content (AvgIpc) is 2.45. The number of aliphatic hydroxyl groups excluding tert-OH is 2. The van der Waals surface area contributed by atoms with Gasteiger partial charge in [-0.2, -0.15) is 0 Å². The number of hydrogen-bond acceptors (Lipinski definition) is 2. The smallest absolute Gasteiger partial charge is 0.0804 e. The Bertz CT molecular complexity index is 387. The summed E-state index contributed by atoms with van der Waals surface area (Å²) < 4.78 is 0. The maximum atomic E-state index is 9.99. The van der Waals surface area contributed by atoms with Crippen molar-refractivity contribution >= 4 is 0 Å². The van der Waals surface area contributed by atoms with E-state index >= 15 is 0 Å². The first-order valence-electron chi connectivity index (χ1n) is 7.51. The number of hydrogen-bond donors (Lipinski definition) is 2. The van der Waals surface area contributed by atoms with Gasteiger partial charge in [-0.15, -0.1) is 0 Å². The minimum atomic E-state index is -0.630. The van der Waals surface area contributed by atoms with Gasteiger partial charge >= 0.3 is 0 Å². The molecule has 0 heterocycles. The van der Waals surface area contributed by atoms with Gasteiger partial charge < -0.3 is 10.2 Å². The Hall–Kier alpha value is -0.860. The molecule has 0 aliphatic heterocycles. The van der Waals surface area contributed by atoms with E-state index in [1.165, 1.54) is 16.7 Å². The molecule has 0 spiro atoms. The van der Waals surface area contributed by atoms with E-state index < -0.39 is 12.2 Å². The van der Waals surface area contributed by atoms with Gasteiger partial charge in [0.05, 0.1) is 12.2 Å². The monoisotopic (exact) mass is 264 g/mol. The molecule has 1 rings (SSSR count). The summed E-state index contributed by atoms with van der Waals surface area (Å²) in [4.78, 5) is 0. The number of rotatable bonds is 7. The van der Waals surface area contributed by atoms with Crippen molar-refractivity contribution in [1.82, 2.24) is 0 Å². The second kappa shape index (κ2) is 7.66. The predicted molar refractivity (Wildman–Crippen MR) is 80.5 cm³/mol. The Balaban J connectivity index is 2.88. The largest absolute Gasteiger partial charge is 0.390 e. The van der Waals surface area contributed by atoms with Crippen molar-refractivity contribution in [2.75, 3.05) is 0 Å². The van der Waals surface area contributed by atoms with Crippen molar-refractivity contribution in [3.63, 3.8) is 0 Å². The van der Waals surface area contributed by atoms with Gasteiger partial charge in [-0.3, -0.25) is 0 Å². The molecule has 2 nitrogen and oxygen atoms in total. The fourth-order valence-electron chi connectivity index (χ4n) is 2.56. The van der Waals surface area contributed by atoms with Crippen molar-refractivity contribution < 1.29 is 10.2 Å². The zero-order valence-electron chi connectivity index (χ0n) is 12.7. The second-order valence-electron chi connectivity index (χ2n) is 5.42. The van der Waals surface area contributed by atoms with Crippen LogP contribution in [0.1, 0.15) is 63.1 Å². The zero-order valence-corrected chi connectivity index (χ0v) is 12.7. The van der Waals surface area contributed by atoms with Crippen LogP contribution in [0.5, 0.6) is 0 Å². The lowest BCUT2D eigenvalue weighted by Crippen LogP contribution is -2.26. The SMILES string of the molecule is CCc1ccc(CC)c(C(C)CC(O)C(O)CC)c1. The molecule has 1 aromatic carbocycles. The molecule has 19 heavy (non-hydrogen) atoms. The summed E-state index contributed by atoms with van der Waals surface area (Å²) in [5.41, 5.74) is 4.01. The molecule has 3 atom stereocenters. The molecule has 0 saturated carbocycles. The molecular formula is C17H28O2.